The monoisotopic (exact) mass is 249 g/mol. The highest BCUT2D eigenvalue weighted by Gasteiger charge is 2.21. The van der Waals surface area contributed by atoms with Gasteiger partial charge in [-0.05, 0) is 18.9 Å². The first-order chi connectivity index (χ1) is 6.36. The summed E-state index contributed by atoms with van der Waals surface area (Å²) in [5.41, 5.74) is 0. The molecule has 2 nitrogen and oxygen atoms in total. The van der Waals surface area contributed by atoms with E-state index >= 15 is 0 Å². The molecule has 0 aliphatic heterocycles. The van der Waals surface area contributed by atoms with Crippen molar-refractivity contribution in [1.82, 2.24) is 4.90 Å². The first-order valence-electron chi connectivity index (χ1n) is 5.14. The standard InChI is InChI=1S/C10H20BrNO/c1-13-9-8-12(7-5-11)6-4-10-2-3-10/h10H,2-9H2,1H3. The number of halogens is 1. The fraction of sp³-hybridized carbons (Fsp3) is 1.00. The summed E-state index contributed by atoms with van der Waals surface area (Å²) in [5, 5.41) is 1.07. The Bertz CT molecular complexity index is 128. The van der Waals surface area contributed by atoms with E-state index in [0.717, 1.165) is 30.9 Å². The van der Waals surface area contributed by atoms with E-state index < -0.39 is 0 Å². The largest absolute Gasteiger partial charge is 0.383 e. The number of alkyl halides is 1. The minimum absolute atomic E-state index is 0.859. The Balaban J connectivity index is 2.03. The van der Waals surface area contributed by atoms with E-state index in [1.165, 1.54) is 25.8 Å². The van der Waals surface area contributed by atoms with Gasteiger partial charge in [-0.15, -0.1) is 0 Å². The van der Waals surface area contributed by atoms with Crippen LogP contribution in [0.25, 0.3) is 0 Å². The molecule has 0 amide bonds. The molecule has 0 aromatic heterocycles. The molecule has 0 radical (unpaired) electrons. The highest BCUT2D eigenvalue weighted by Crippen LogP contribution is 2.32. The Hall–Kier alpha value is 0.400. The maximum atomic E-state index is 5.08. The predicted octanol–water partition coefficient (Wildman–Crippen LogP) is 2.13. The molecule has 0 heterocycles. The van der Waals surface area contributed by atoms with Crippen molar-refractivity contribution in [2.45, 2.75) is 19.3 Å². The molecular weight excluding hydrogens is 230 g/mol. The van der Waals surface area contributed by atoms with Crippen LogP contribution in [0.3, 0.4) is 0 Å². The summed E-state index contributed by atoms with van der Waals surface area (Å²) in [4.78, 5) is 2.48. The van der Waals surface area contributed by atoms with Gasteiger partial charge in [-0.2, -0.15) is 0 Å². The van der Waals surface area contributed by atoms with Gasteiger partial charge in [-0.1, -0.05) is 28.8 Å². The fourth-order valence-electron chi connectivity index (χ4n) is 1.45. The van der Waals surface area contributed by atoms with Gasteiger partial charge < -0.3 is 9.64 Å². The second-order valence-electron chi connectivity index (χ2n) is 3.76. The lowest BCUT2D eigenvalue weighted by Gasteiger charge is -2.20. The third-order valence-electron chi connectivity index (χ3n) is 2.56. The van der Waals surface area contributed by atoms with Crippen LogP contribution < -0.4 is 0 Å². The molecule has 1 saturated carbocycles. The van der Waals surface area contributed by atoms with Crippen LogP contribution in [0.15, 0.2) is 0 Å². The minimum atomic E-state index is 0.859. The zero-order chi connectivity index (χ0) is 9.52. The summed E-state index contributed by atoms with van der Waals surface area (Å²) in [6, 6.07) is 0. The van der Waals surface area contributed by atoms with E-state index in [9.17, 15) is 0 Å². The molecule has 0 aromatic carbocycles. The fourth-order valence-corrected chi connectivity index (χ4v) is 1.95. The average Bonchev–Trinajstić information content (AvgIpc) is 2.93. The number of rotatable bonds is 8. The molecule has 1 aliphatic carbocycles. The molecule has 1 rings (SSSR count). The third kappa shape index (κ3) is 5.66. The Morgan fingerprint density at radius 2 is 2.08 bits per heavy atom. The Morgan fingerprint density at radius 1 is 1.31 bits per heavy atom. The molecular formula is C10H20BrNO. The number of methoxy groups -OCH3 is 1. The summed E-state index contributed by atoms with van der Waals surface area (Å²) in [6.45, 7) is 4.34. The van der Waals surface area contributed by atoms with Crippen LogP contribution in [0.5, 0.6) is 0 Å². The van der Waals surface area contributed by atoms with Gasteiger partial charge in [0, 0.05) is 25.5 Å². The number of ether oxygens (including phenoxy) is 1. The molecule has 78 valence electrons. The van der Waals surface area contributed by atoms with E-state index in [4.69, 9.17) is 4.74 Å². The van der Waals surface area contributed by atoms with E-state index in [1.54, 1.807) is 7.11 Å². The van der Waals surface area contributed by atoms with Gasteiger partial charge in [0.05, 0.1) is 6.61 Å². The second-order valence-corrected chi connectivity index (χ2v) is 4.55. The van der Waals surface area contributed by atoms with Crippen molar-refractivity contribution >= 4 is 15.9 Å². The van der Waals surface area contributed by atoms with Crippen LogP contribution in [-0.2, 0) is 4.74 Å². The molecule has 0 atom stereocenters. The van der Waals surface area contributed by atoms with Gasteiger partial charge in [0.15, 0.2) is 0 Å². The van der Waals surface area contributed by atoms with Crippen molar-refractivity contribution in [3.8, 4) is 0 Å². The van der Waals surface area contributed by atoms with E-state index in [1.807, 2.05) is 0 Å². The first-order valence-corrected chi connectivity index (χ1v) is 6.26. The Morgan fingerprint density at radius 3 is 2.62 bits per heavy atom. The normalized spacial score (nSPS) is 16.8. The molecule has 0 aromatic rings. The van der Waals surface area contributed by atoms with Crippen LogP contribution in [-0.4, -0.2) is 43.6 Å². The van der Waals surface area contributed by atoms with Gasteiger partial charge in [0.1, 0.15) is 0 Å². The molecule has 0 bridgehead atoms. The average molecular weight is 250 g/mol. The Labute approximate surface area is 89.8 Å². The maximum absolute atomic E-state index is 5.08. The van der Waals surface area contributed by atoms with Crippen molar-refractivity contribution in [2.75, 3.05) is 38.7 Å². The molecule has 0 saturated heterocycles. The quantitative estimate of drug-likeness (QED) is 0.612. The van der Waals surface area contributed by atoms with Crippen LogP contribution in [0.2, 0.25) is 0 Å². The highest BCUT2D eigenvalue weighted by molar-refractivity contribution is 9.09. The van der Waals surface area contributed by atoms with Gasteiger partial charge in [0.25, 0.3) is 0 Å². The van der Waals surface area contributed by atoms with Crippen LogP contribution >= 0.6 is 15.9 Å². The summed E-state index contributed by atoms with van der Waals surface area (Å²) < 4.78 is 5.08. The molecule has 0 spiro atoms. The molecule has 0 unspecified atom stereocenters. The molecule has 13 heavy (non-hydrogen) atoms. The van der Waals surface area contributed by atoms with E-state index in [2.05, 4.69) is 20.8 Å². The van der Waals surface area contributed by atoms with Crippen molar-refractivity contribution in [3.63, 3.8) is 0 Å². The van der Waals surface area contributed by atoms with Gasteiger partial charge in [-0.3, -0.25) is 0 Å². The van der Waals surface area contributed by atoms with Crippen LogP contribution in [0.4, 0.5) is 0 Å². The molecule has 0 N–H and O–H groups in total. The SMILES string of the molecule is COCCN(CCBr)CCC1CC1. The lowest BCUT2D eigenvalue weighted by Crippen LogP contribution is -2.30. The molecule has 1 fully saturated rings. The third-order valence-corrected chi connectivity index (χ3v) is 2.92. The van der Waals surface area contributed by atoms with Crippen molar-refractivity contribution < 1.29 is 4.74 Å². The first kappa shape index (κ1) is 11.5. The minimum Gasteiger partial charge on any atom is -0.383 e. The lowest BCUT2D eigenvalue weighted by molar-refractivity contribution is 0.150. The number of hydrogen-bond acceptors (Lipinski definition) is 2. The van der Waals surface area contributed by atoms with Gasteiger partial charge in [-0.25, -0.2) is 0 Å². The van der Waals surface area contributed by atoms with Gasteiger partial charge >= 0.3 is 0 Å². The lowest BCUT2D eigenvalue weighted by atomic mass is 10.3. The number of nitrogens with zero attached hydrogens (tertiary/aromatic N) is 1. The van der Waals surface area contributed by atoms with E-state index in [-0.39, 0.29) is 0 Å². The summed E-state index contributed by atoms with van der Waals surface area (Å²) in [5.74, 6) is 1.04. The Kier molecular flexibility index (Phi) is 6.00. The zero-order valence-electron chi connectivity index (χ0n) is 8.47. The second kappa shape index (κ2) is 6.80. The zero-order valence-corrected chi connectivity index (χ0v) is 10.1. The highest BCUT2D eigenvalue weighted by atomic mass is 79.9. The van der Waals surface area contributed by atoms with Crippen LogP contribution in [0, 0.1) is 5.92 Å². The summed E-state index contributed by atoms with van der Waals surface area (Å²) in [7, 11) is 1.77. The summed E-state index contributed by atoms with van der Waals surface area (Å²) in [6.07, 6.45) is 4.32. The smallest absolute Gasteiger partial charge is 0.0589 e. The van der Waals surface area contributed by atoms with Crippen LogP contribution in [0.1, 0.15) is 19.3 Å². The van der Waals surface area contributed by atoms with Gasteiger partial charge in [0.2, 0.25) is 0 Å². The number of hydrogen-bond donors (Lipinski definition) is 0. The van der Waals surface area contributed by atoms with Crippen molar-refractivity contribution in [3.05, 3.63) is 0 Å². The maximum Gasteiger partial charge on any atom is 0.0589 e. The van der Waals surface area contributed by atoms with E-state index in [0.29, 0.717) is 0 Å². The van der Waals surface area contributed by atoms with Crippen molar-refractivity contribution in [1.29, 1.82) is 0 Å². The molecule has 1 aliphatic rings. The summed E-state index contributed by atoms with van der Waals surface area (Å²) >= 11 is 3.48. The topological polar surface area (TPSA) is 12.5 Å². The predicted molar refractivity (Wildman–Crippen MR) is 59.5 cm³/mol. The molecule has 3 heteroatoms. The van der Waals surface area contributed by atoms with Crippen molar-refractivity contribution in [2.24, 2.45) is 5.92 Å².